The largest absolute Gasteiger partial charge is 0.459 e. The molecule has 1 saturated heterocycles. The van der Waals surface area contributed by atoms with Gasteiger partial charge < -0.3 is 15.1 Å². The first-order valence-electron chi connectivity index (χ1n) is 5.72. The first-order valence-corrected chi connectivity index (χ1v) is 5.72. The van der Waals surface area contributed by atoms with Gasteiger partial charge in [0.25, 0.3) is 5.91 Å². The van der Waals surface area contributed by atoms with Crippen LogP contribution in [-0.4, -0.2) is 25.5 Å². The fraction of sp³-hybridized carbons (Fsp3) is 0.583. The highest BCUT2D eigenvalue weighted by molar-refractivity contribution is 5.91. The molecule has 0 aliphatic carbocycles. The van der Waals surface area contributed by atoms with E-state index in [-0.39, 0.29) is 11.3 Å². The normalized spacial score (nSPS) is 19.3. The van der Waals surface area contributed by atoms with Crippen molar-refractivity contribution < 1.29 is 9.21 Å². The van der Waals surface area contributed by atoms with Crippen molar-refractivity contribution in [2.75, 3.05) is 19.6 Å². The maximum absolute atomic E-state index is 11.7. The molecule has 2 rings (SSSR count). The Kier molecular flexibility index (Phi) is 3.29. The number of hydrogen-bond donors (Lipinski definition) is 2. The molecule has 0 radical (unpaired) electrons. The van der Waals surface area contributed by atoms with Gasteiger partial charge in [0.05, 0.1) is 6.26 Å². The fourth-order valence-corrected chi connectivity index (χ4v) is 2.00. The van der Waals surface area contributed by atoms with E-state index in [2.05, 4.69) is 17.6 Å². The number of amides is 1. The van der Waals surface area contributed by atoms with E-state index in [0.717, 1.165) is 25.9 Å². The van der Waals surface area contributed by atoms with Gasteiger partial charge in [-0.3, -0.25) is 4.79 Å². The molecule has 1 aromatic heterocycles. The van der Waals surface area contributed by atoms with Gasteiger partial charge in [0, 0.05) is 6.54 Å². The molecule has 2 heterocycles. The zero-order chi connectivity index (χ0) is 11.4. The first kappa shape index (κ1) is 11.2. The molecule has 1 aliphatic rings. The van der Waals surface area contributed by atoms with Gasteiger partial charge in [-0.05, 0) is 43.5 Å². The minimum Gasteiger partial charge on any atom is -0.459 e. The van der Waals surface area contributed by atoms with Crippen molar-refractivity contribution in [3.8, 4) is 0 Å². The van der Waals surface area contributed by atoms with Gasteiger partial charge in [-0.2, -0.15) is 0 Å². The summed E-state index contributed by atoms with van der Waals surface area (Å²) in [5, 5.41) is 6.26. The number of piperidine rings is 1. The van der Waals surface area contributed by atoms with Crippen molar-refractivity contribution >= 4 is 5.91 Å². The molecule has 4 heteroatoms. The first-order chi connectivity index (χ1) is 7.70. The van der Waals surface area contributed by atoms with E-state index in [0.29, 0.717) is 12.3 Å². The molecular formula is C12H18N2O2. The molecule has 1 fully saturated rings. The number of hydrogen-bond acceptors (Lipinski definition) is 3. The number of rotatable bonds is 3. The Bertz CT molecular complexity index is 340. The molecule has 1 amide bonds. The van der Waals surface area contributed by atoms with Crippen LogP contribution in [-0.2, 0) is 0 Å². The van der Waals surface area contributed by atoms with Gasteiger partial charge in [0.15, 0.2) is 5.76 Å². The second kappa shape index (κ2) is 4.70. The van der Waals surface area contributed by atoms with Crippen LogP contribution < -0.4 is 10.6 Å². The van der Waals surface area contributed by atoms with Crippen LogP contribution in [0, 0.1) is 5.41 Å². The highest BCUT2D eigenvalue weighted by atomic mass is 16.3. The highest BCUT2D eigenvalue weighted by Gasteiger charge is 2.27. The molecule has 88 valence electrons. The smallest absolute Gasteiger partial charge is 0.286 e. The standard InChI is InChI=1S/C12H18N2O2/c1-12(4-6-13-7-5-12)9-14-11(15)10-3-2-8-16-10/h2-3,8,13H,4-7,9H2,1H3,(H,14,15). The van der Waals surface area contributed by atoms with Gasteiger partial charge in [-0.25, -0.2) is 0 Å². The summed E-state index contributed by atoms with van der Waals surface area (Å²) in [7, 11) is 0. The lowest BCUT2D eigenvalue weighted by molar-refractivity contribution is 0.0894. The minimum absolute atomic E-state index is 0.121. The summed E-state index contributed by atoms with van der Waals surface area (Å²) < 4.78 is 5.04. The van der Waals surface area contributed by atoms with Crippen LogP contribution in [0.15, 0.2) is 22.8 Å². The third kappa shape index (κ3) is 2.64. The van der Waals surface area contributed by atoms with Crippen LogP contribution >= 0.6 is 0 Å². The Hall–Kier alpha value is -1.29. The van der Waals surface area contributed by atoms with Crippen LogP contribution in [0.2, 0.25) is 0 Å². The number of carbonyl (C=O) groups is 1. The van der Waals surface area contributed by atoms with Crippen molar-refractivity contribution in [2.24, 2.45) is 5.41 Å². The lowest BCUT2D eigenvalue weighted by atomic mass is 9.81. The summed E-state index contributed by atoms with van der Waals surface area (Å²) in [6.45, 7) is 5.00. The van der Waals surface area contributed by atoms with Gasteiger partial charge in [-0.15, -0.1) is 0 Å². The lowest BCUT2D eigenvalue weighted by Gasteiger charge is -2.33. The quantitative estimate of drug-likeness (QED) is 0.812. The van der Waals surface area contributed by atoms with Crippen LogP contribution in [0.3, 0.4) is 0 Å². The summed E-state index contributed by atoms with van der Waals surface area (Å²) >= 11 is 0. The van der Waals surface area contributed by atoms with Crippen molar-refractivity contribution in [3.63, 3.8) is 0 Å². The van der Waals surface area contributed by atoms with E-state index in [4.69, 9.17) is 4.42 Å². The molecule has 16 heavy (non-hydrogen) atoms. The van der Waals surface area contributed by atoms with Gasteiger partial charge in [0.2, 0.25) is 0 Å². The van der Waals surface area contributed by atoms with Crippen LogP contribution in [0.5, 0.6) is 0 Å². The van der Waals surface area contributed by atoms with Crippen molar-refractivity contribution in [1.29, 1.82) is 0 Å². The topological polar surface area (TPSA) is 54.3 Å². The Morgan fingerprint density at radius 1 is 1.56 bits per heavy atom. The van der Waals surface area contributed by atoms with E-state index < -0.39 is 0 Å². The third-order valence-electron chi connectivity index (χ3n) is 3.23. The Morgan fingerprint density at radius 3 is 2.94 bits per heavy atom. The maximum atomic E-state index is 11.7. The Morgan fingerprint density at radius 2 is 2.31 bits per heavy atom. The van der Waals surface area contributed by atoms with Gasteiger partial charge in [-0.1, -0.05) is 6.92 Å². The summed E-state index contributed by atoms with van der Waals surface area (Å²) in [5.41, 5.74) is 0.216. The van der Waals surface area contributed by atoms with Crippen molar-refractivity contribution in [2.45, 2.75) is 19.8 Å². The van der Waals surface area contributed by atoms with Crippen LogP contribution in [0.25, 0.3) is 0 Å². The summed E-state index contributed by atoms with van der Waals surface area (Å²) in [6, 6.07) is 3.40. The zero-order valence-electron chi connectivity index (χ0n) is 9.58. The zero-order valence-corrected chi connectivity index (χ0v) is 9.58. The van der Waals surface area contributed by atoms with E-state index in [9.17, 15) is 4.79 Å². The van der Waals surface area contributed by atoms with E-state index in [1.54, 1.807) is 12.1 Å². The van der Waals surface area contributed by atoms with E-state index in [1.165, 1.54) is 6.26 Å². The second-order valence-electron chi connectivity index (χ2n) is 4.72. The number of nitrogens with one attached hydrogen (secondary N) is 2. The number of carbonyl (C=O) groups excluding carboxylic acids is 1. The molecule has 0 bridgehead atoms. The second-order valence-corrected chi connectivity index (χ2v) is 4.72. The average molecular weight is 222 g/mol. The third-order valence-corrected chi connectivity index (χ3v) is 3.23. The summed E-state index contributed by atoms with van der Waals surface area (Å²) in [5.74, 6) is 0.266. The molecular weight excluding hydrogens is 204 g/mol. The molecule has 1 aliphatic heterocycles. The van der Waals surface area contributed by atoms with Crippen molar-refractivity contribution in [1.82, 2.24) is 10.6 Å². The van der Waals surface area contributed by atoms with Crippen LogP contribution in [0.4, 0.5) is 0 Å². The lowest BCUT2D eigenvalue weighted by Crippen LogP contribution is -2.42. The van der Waals surface area contributed by atoms with E-state index in [1.807, 2.05) is 0 Å². The number of furan rings is 1. The van der Waals surface area contributed by atoms with Gasteiger partial charge >= 0.3 is 0 Å². The molecule has 2 N–H and O–H groups in total. The maximum Gasteiger partial charge on any atom is 0.286 e. The van der Waals surface area contributed by atoms with Gasteiger partial charge in [0.1, 0.15) is 0 Å². The van der Waals surface area contributed by atoms with Crippen molar-refractivity contribution in [3.05, 3.63) is 24.2 Å². The SMILES string of the molecule is CC1(CNC(=O)c2ccco2)CCNCC1. The van der Waals surface area contributed by atoms with E-state index >= 15 is 0 Å². The molecule has 0 saturated carbocycles. The Balaban J connectivity index is 1.84. The molecule has 0 spiro atoms. The Labute approximate surface area is 95.4 Å². The fourth-order valence-electron chi connectivity index (χ4n) is 2.00. The summed E-state index contributed by atoms with van der Waals surface area (Å²) in [6.07, 6.45) is 3.72. The van der Waals surface area contributed by atoms with Crippen LogP contribution in [0.1, 0.15) is 30.3 Å². The molecule has 0 atom stereocenters. The minimum atomic E-state index is -0.121. The predicted octanol–water partition coefficient (Wildman–Crippen LogP) is 1.40. The molecule has 1 aromatic rings. The highest BCUT2D eigenvalue weighted by Crippen LogP contribution is 2.26. The average Bonchev–Trinajstić information content (AvgIpc) is 2.80. The molecule has 0 unspecified atom stereocenters. The molecule has 4 nitrogen and oxygen atoms in total. The monoisotopic (exact) mass is 222 g/mol. The molecule has 0 aromatic carbocycles. The predicted molar refractivity (Wildman–Crippen MR) is 61.3 cm³/mol. The summed E-state index contributed by atoms with van der Waals surface area (Å²) in [4.78, 5) is 11.7.